The molecule has 25 heavy (non-hydrogen) atoms. The Balaban J connectivity index is 3.23. The SMILES string of the molecule is COC(=O)Cc1cc(OC(C)=O)cc(OC)c1C(=O)CCC[C@H](C)O. The molecule has 1 aromatic carbocycles. The minimum absolute atomic E-state index is 0.153. The number of rotatable bonds is 9. The zero-order valence-corrected chi connectivity index (χ0v) is 15.0. The highest BCUT2D eigenvalue weighted by Gasteiger charge is 2.21. The highest BCUT2D eigenvalue weighted by molar-refractivity contribution is 6.01. The first kappa shape index (κ1) is 20.6. The topological polar surface area (TPSA) is 99.1 Å². The fourth-order valence-corrected chi connectivity index (χ4v) is 2.40. The monoisotopic (exact) mass is 352 g/mol. The second kappa shape index (κ2) is 9.78. The number of carbonyl (C=O) groups excluding carboxylic acids is 3. The van der Waals surface area contributed by atoms with Crippen molar-refractivity contribution in [3.63, 3.8) is 0 Å². The normalized spacial score (nSPS) is 11.6. The fraction of sp³-hybridized carbons (Fsp3) is 0.500. The number of hydrogen-bond donors (Lipinski definition) is 1. The molecule has 0 amide bonds. The van der Waals surface area contributed by atoms with Crippen LogP contribution in [0.4, 0.5) is 0 Å². The van der Waals surface area contributed by atoms with Crippen molar-refractivity contribution < 1.29 is 33.7 Å². The minimum Gasteiger partial charge on any atom is -0.496 e. The summed E-state index contributed by atoms with van der Waals surface area (Å²) in [6, 6.07) is 2.90. The van der Waals surface area contributed by atoms with E-state index < -0.39 is 18.0 Å². The number of hydrogen-bond acceptors (Lipinski definition) is 7. The fourth-order valence-electron chi connectivity index (χ4n) is 2.40. The number of ketones is 1. The van der Waals surface area contributed by atoms with Crippen molar-refractivity contribution in [2.24, 2.45) is 0 Å². The van der Waals surface area contributed by atoms with Crippen LogP contribution in [0.1, 0.15) is 49.0 Å². The molecule has 0 saturated heterocycles. The zero-order valence-electron chi connectivity index (χ0n) is 15.0. The van der Waals surface area contributed by atoms with Crippen molar-refractivity contribution in [2.45, 2.75) is 45.6 Å². The molecule has 1 atom stereocenters. The van der Waals surface area contributed by atoms with Crippen LogP contribution < -0.4 is 9.47 Å². The summed E-state index contributed by atoms with van der Waals surface area (Å²) in [6.07, 6.45) is 0.548. The van der Waals surface area contributed by atoms with Crippen LogP contribution in [0.5, 0.6) is 11.5 Å². The lowest BCUT2D eigenvalue weighted by molar-refractivity contribution is -0.139. The van der Waals surface area contributed by atoms with Crippen LogP contribution in [-0.4, -0.2) is 43.2 Å². The molecule has 0 radical (unpaired) electrons. The van der Waals surface area contributed by atoms with Gasteiger partial charge in [0.1, 0.15) is 11.5 Å². The van der Waals surface area contributed by atoms with Crippen molar-refractivity contribution >= 4 is 17.7 Å². The van der Waals surface area contributed by atoms with Crippen LogP contribution in [0.15, 0.2) is 12.1 Å². The first-order valence-corrected chi connectivity index (χ1v) is 7.95. The first-order chi connectivity index (χ1) is 11.8. The summed E-state index contributed by atoms with van der Waals surface area (Å²) in [4.78, 5) is 35.5. The molecule has 0 unspecified atom stereocenters. The molecule has 7 heteroatoms. The molecule has 1 rings (SSSR count). The number of aliphatic hydroxyl groups is 1. The smallest absolute Gasteiger partial charge is 0.310 e. The van der Waals surface area contributed by atoms with Gasteiger partial charge in [0.05, 0.1) is 32.3 Å². The second-order valence-electron chi connectivity index (χ2n) is 5.67. The Labute approximate surface area is 146 Å². The van der Waals surface area contributed by atoms with Gasteiger partial charge in [-0.05, 0) is 31.4 Å². The van der Waals surface area contributed by atoms with E-state index in [4.69, 9.17) is 9.47 Å². The van der Waals surface area contributed by atoms with Gasteiger partial charge in [0.25, 0.3) is 0 Å². The van der Waals surface area contributed by atoms with Gasteiger partial charge >= 0.3 is 11.9 Å². The van der Waals surface area contributed by atoms with Gasteiger partial charge in [0.15, 0.2) is 5.78 Å². The molecule has 0 fully saturated rings. The Morgan fingerprint density at radius 1 is 1.20 bits per heavy atom. The number of carbonyl (C=O) groups is 3. The lowest BCUT2D eigenvalue weighted by Crippen LogP contribution is -2.13. The lowest BCUT2D eigenvalue weighted by Gasteiger charge is -2.15. The van der Waals surface area contributed by atoms with E-state index in [-0.39, 0.29) is 35.7 Å². The summed E-state index contributed by atoms with van der Waals surface area (Å²) >= 11 is 0. The van der Waals surface area contributed by atoms with Crippen molar-refractivity contribution in [1.29, 1.82) is 0 Å². The second-order valence-corrected chi connectivity index (χ2v) is 5.67. The number of methoxy groups -OCH3 is 2. The average Bonchev–Trinajstić information content (AvgIpc) is 2.52. The maximum Gasteiger partial charge on any atom is 0.310 e. The highest BCUT2D eigenvalue weighted by atomic mass is 16.5. The van der Waals surface area contributed by atoms with Crippen LogP contribution in [0.2, 0.25) is 0 Å². The van der Waals surface area contributed by atoms with E-state index in [9.17, 15) is 19.5 Å². The van der Waals surface area contributed by atoms with E-state index >= 15 is 0 Å². The summed E-state index contributed by atoms with van der Waals surface area (Å²) in [5, 5.41) is 9.32. The summed E-state index contributed by atoms with van der Waals surface area (Å²) < 4.78 is 15.0. The quantitative estimate of drug-likeness (QED) is 0.412. The van der Waals surface area contributed by atoms with Gasteiger partial charge in [-0.25, -0.2) is 0 Å². The minimum atomic E-state index is -0.528. The summed E-state index contributed by atoms with van der Waals surface area (Å²) in [5.41, 5.74) is 0.624. The maximum absolute atomic E-state index is 12.6. The third kappa shape index (κ3) is 6.54. The number of ether oxygens (including phenoxy) is 3. The Hall–Kier alpha value is -2.41. The molecule has 1 N–H and O–H groups in total. The van der Waals surface area contributed by atoms with Gasteiger partial charge in [-0.1, -0.05) is 0 Å². The van der Waals surface area contributed by atoms with Crippen LogP contribution in [0, 0.1) is 0 Å². The maximum atomic E-state index is 12.6. The standard InChI is InChI=1S/C18H24O7/c1-11(19)6-5-7-15(21)18-13(9-17(22)24-4)8-14(25-12(2)20)10-16(18)23-3/h8,10-11,19H,5-7,9H2,1-4H3/t11-/m0/s1. The lowest BCUT2D eigenvalue weighted by atomic mass is 9.96. The van der Waals surface area contributed by atoms with E-state index in [0.29, 0.717) is 18.4 Å². The number of benzene rings is 1. The molecule has 138 valence electrons. The molecule has 0 heterocycles. The number of aliphatic hydroxyl groups excluding tert-OH is 1. The van der Waals surface area contributed by atoms with E-state index in [1.807, 2.05) is 0 Å². The van der Waals surface area contributed by atoms with Crippen LogP contribution in [-0.2, 0) is 20.7 Å². The first-order valence-electron chi connectivity index (χ1n) is 7.95. The van der Waals surface area contributed by atoms with Gasteiger partial charge in [0, 0.05) is 19.4 Å². The van der Waals surface area contributed by atoms with E-state index in [0.717, 1.165) is 0 Å². The van der Waals surface area contributed by atoms with Crippen molar-refractivity contribution in [1.82, 2.24) is 0 Å². The molecule has 0 spiro atoms. The van der Waals surface area contributed by atoms with Crippen LogP contribution in [0.3, 0.4) is 0 Å². The zero-order chi connectivity index (χ0) is 19.0. The Bertz CT molecular complexity index is 635. The third-order valence-electron chi connectivity index (χ3n) is 3.51. The van der Waals surface area contributed by atoms with Gasteiger partial charge in [0.2, 0.25) is 0 Å². The van der Waals surface area contributed by atoms with Gasteiger partial charge < -0.3 is 19.3 Å². The molecular formula is C18H24O7. The van der Waals surface area contributed by atoms with Crippen molar-refractivity contribution in [2.75, 3.05) is 14.2 Å². The van der Waals surface area contributed by atoms with Gasteiger partial charge in [-0.3, -0.25) is 14.4 Å². The molecule has 7 nitrogen and oxygen atoms in total. The van der Waals surface area contributed by atoms with E-state index in [1.54, 1.807) is 6.92 Å². The average molecular weight is 352 g/mol. The molecular weight excluding hydrogens is 328 g/mol. The van der Waals surface area contributed by atoms with Crippen LogP contribution >= 0.6 is 0 Å². The molecule has 1 aromatic rings. The molecule has 0 bridgehead atoms. The molecule has 0 aromatic heterocycles. The predicted octanol–water partition coefficient (Wildman–Crippen LogP) is 2.07. The van der Waals surface area contributed by atoms with E-state index in [2.05, 4.69) is 4.74 Å². The predicted molar refractivity (Wildman–Crippen MR) is 89.9 cm³/mol. The Kier molecular flexibility index (Phi) is 8.07. The molecule has 0 saturated carbocycles. The van der Waals surface area contributed by atoms with Gasteiger partial charge in [-0.2, -0.15) is 0 Å². The number of Topliss-reactive ketones (excluding diaryl/α,β-unsaturated/α-hetero) is 1. The number of esters is 2. The molecule has 0 aliphatic rings. The summed E-state index contributed by atoms with van der Waals surface area (Å²) in [7, 11) is 2.64. The van der Waals surface area contributed by atoms with Crippen LogP contribution in [0.25, 0.3) is 0 Å². The summed E-state index contributed by atoms with van der Waals surface area (Å²) in [5.74, 6) is -0.864. The van der Waals surface area contributed by atoms with Crippen molar-refractivity contribution in [3.05, 3.63) is 23.3 Å². The summed E-state index contributed by atoms with van der Waals surface area (Å²) in [6.45, 7) is 2.91. The molecule has 0 aliphatic heterocycles. The highest BCUT2D eigenvalue weighted by Crippen LogP contribution is 2.31. The third-order valence-corrected chi connectivity index (χ3v) is 3.51. The molecule has 0 aliphatic carbocycles. The Morgan fingerprint density at radius 2 is 1.88 bits per heavy atom. The largest absolute Gasteiger partial charge is 0.496 e. The Morgan fingerprint density at radius 3 is 2.40 bits per heavy atom. The van der Waals surface area contributed by atoms with E-state index in [1.165, 1.54) is 33.3 Å². The van der Waals surface area contributed by atoms with Gasteiger partial charge in [-0.15, -0.1) is 0 Å². The van der Waals surface area contributed by atoms with Crippen molar-refractivity contribution in [3.8, 4) is 11.5 Å².